The molecule has 0 saturated carbocycles. The van der Waals surface area contributed by atoms with E-state index >= 15 is 0 Å². The highest BCUT2D eigenvalue weighted by Crippen LogP contribution is 2.22. The van der Waals surface area contributed by atoms with Crippen molar-refractivity contribution in [2.24, 2.45) is 0 Å². The number of methoxy groups -OCH3 is 1. The number of benzene rings is 2. The molecule has 0 amide bonds. The van der Waals surface area contributed by atoms with E-state index in [1.54, 1.807) is 7.11 Å². The molecule has 1 aromatic heterocycles. The SMILES string of the molecule is COc1ccc(-c2nnc(CN3CCCN(Cc4ccc(Cl)cc4)CC3)o2)cc1. The summed E-state index contributed by atoms with van der Waals surface area (Å²) in [5.41, 5.74) is 2.19. The summed E-state index contributed by atoms with van der Waals surface area (Å²) in [7, 11) is 1.65. The van der Waals surface area contributed by atoms with Crippen LogP contribution in [0.2, 0.25) is 5.02 Å². The van der Waals surface area contributed by atoms with Crippen LogP contribution in [0.1, 0.15) is 17.9 Å². The Bertz CT molecular complexity index is 911. The van der Waals surface area contributed by atoms with E-state index in [2.05, 4.69) is 32.1 Å². The molecule has 7 heteroatoms. The molecule has 0 bridgehead atoms. The van der Waals surface area contributed by atoms with Crippen LogP contribution < -0.4 is 4.74 Å². The maximum absolute atomic E-state index is 5.99. The van der Waals surface area contributed by atoms with Gasteiger partial charge in [0.2, 0.25) is 11.8 Å². The normalized spacial score (nSPS) is 15.9. The third kappa shape index (κ3) is 5.35. The van der Waals surface area contributed by atoms with Crippen molar-refractivity contribution >= 4 is 11.6 Å². The van der Waals surface area contributed by atoms with Gasteiger partial charge in [-0.3, -0.25) is 9.80 Å². The summed E-state index contributed by atoms with van der Waals surface area (Å²) in [5.74, 6) is 2.00. The predicted molar refractivity (Wildman–Crippen MR) is 113 cm³/mol. The first-order valence-electron chi connectivity index (χ1n) is 9.85. The molecule has 6 nitrogen and oxygen atoms in total. The summed E-state index contributed by atoms with van der Waals surface area (Å²) in [4.78, 5) is 4.87. The van der Waals surface area contributed by atoms with Gasteiger partial charge in [0.15, 0.2) is 0 Å². The smallest absolute Gasteiger partial charge is 0.247 e. The molecule has 0 radical (unpaired) electrons. The van der Waals surface area contributed by atoms with Gasteiger partial charge >= 0.3 is 0 Å². The number of rotatable bonds is 6. The quantitative estimate of drug-likeness (QED) is 0.607. The van der Waals surface area contributed by atoms with Gasteiger partial charge in [0, 0.05) is 30.2 Å². The fraction of sp³-hybridized carbons (Fsp3) is 0.364. The first kappa shape index (κ1) is 19.9. The Labute approximate surface area is 176 Å². The number of halogens is 1. The summed E-state index contributed by atoms with van der Waals surface area (Å²) in [6, 6.07) is 15.8. The van der Waals surface area contributed by atoms with E-state index < -0.39 is 0 Å². The van der Waals surface area contributed by atoms with Crippen molar-refractivity contribution in [2.45, 2.75) is 19.5 Å². The standard InChI is InChI=1S/C22H25ClN4O2/c1-28-20-9-5-18(6-10-20)22-25-24-21(29-22)16-27-12-2-11-26(13-14-27)15-17-3-7-19(23)8-4-17/h3-10H,2,11-16H2,1H3. The van der Waals surface area contributed by atoms with Crippen molar-refractivity contribution in [1.82, 2.24) is 20.0 Å². The van der Waals surface area contributed by atoms with Crippen LogP contribution in [0.4, 0.5) is 0 Å². The largest absolute Gasteiger partial charge is 0.497 e. The number of aromatic nitrogens is 2. The lowest BCUT2D eigenvalue weighted by Gasteiger charge is -2.21. The second-order valence-corrected chi connectivity index (χ2v) is 7.70. The number of ether oxygens (including phenoxy) is 1. The van der Waals surface area contributed by atoms with Crippen LogP contribution in [0, 0.1) is 0 Å². The number of nitrogens with zero attached hydrogens (tertiary/aromatic N) is 4. The van der Waals surface area contributed by atoms with Crippen molar-refractivity contribution in [3.63, 3.8) is 0 Å². The Morgan fingerprint density at radius 2 is 1.59 bits per heavy atom. The van der Waals surface area contributed by atoms with Crippen LogP contribution in [0.25, 0.3) is 11.5 Å². The lowest BCUT2D eigenvalue weighted by atomic mass is 10.2. The molecule has 1 fully saturated rings. The second-order valence-electron chi connectivity index (χ2n) is 7.26. The van der Waals surface area contributed by atoms with Crippen LogP contribution in [0.3, 0.4) is 0 Å². The van der Waals surface area contributed by atoms with Crippen molar-refractivity contribution in [3.8, 4) is 17.2 Å². The molecule has 0 aliphatic carbocycles. The molecule has 3 aromatic rings. The van der Waals surface area contributed by atoms with E-state index in [9.17, 15) is 0 Å². The van der Waals surface area contributed by atoms with E-state index in [0.717, 1.165) is 55.5 Å². The fourth-order valence-corrected chi connectivity index (χ4v) is 3.67. The molecule has 0 atom stereocenters. The lowest BCUT2D eigenvalue weighted by molar-refractivity contribution is 0.232. The Balaban J connectivity index is 1.32. The summed E-state index contributed by atoms with van der Waals surface area (Å²) < 4.78 is 11.1. The van der Waals surface area contributed by atoms with Gasteiger partial charge in [-0.25, -0.2) is 0 Å². The maximum Gasteiger partial charge on any atom is 0.247 e. The first-order valence-corrected chi connectivity index (χ1v) is 10.2. The van der Waals surface area contributed by atoms with Gasteiger partial charge in [0.05, 0.1) is 13.7 Å². The van der Waals surface area contributed by atoms with E-state index in [0.29, 0.717) is 18.3 Å². The zero-order chi connectivity index (χ0) is 20.1. The molecule has 0 unspecified atom stereocenters. The summed E-state index contributed by atoms with van der Waals surface area (Å²) >= 11 is 5.99. The Morgan fingerprint density at radius 3 is 2.28 bits per heavy atom. The van der Waals surface area contributed by atoms with Crippen LogP contribution in [-0.2, 0) is 13.1 Å². The molecule has 0 N–H and O–H groups in total. The molecule has 1 saturated heterocycles. The van der Waals surface area contributed by atoms with Crippen molar-refractivity contribution in [3.05, 3.63) is 65.0 Å². The van der Waals surface area contributed by atoms with Gasteiger partial charge < -0.3 is 9.15 Å². The van der Waals surface area contributed by atoms with Gasteiger partial charge in [0.25, 0.3) is 0 Å². The van der Waals surface area contributed by atoms with Crippen molar-refractivity contribution < 1.29 is 9.15 Å². The second kappa shape index (κ2) is 9.39. The van der Waals surface area contributed by atoms with Gasteiger partial charge in [-0.05, 0) is 61.5 Å². The highest BCUT2D eigenvalue weighted by molar-refractivity contribution is 6.30. The third-order valence-corrected chi connectivity index (χ3v) is 5.42. The van der Waals surface area contributed by atoms with E-state index in [-0.39, 0.29) is 0 Å². The zero-order valence-electron chi connectivity index (χ0n) is 16.6. The highest BCUT2D eigenvalue weighted by atomic mass is 35.5. The fourth-order valence-electron chi connectivity index (χ4n) is 3.55. The zero-order valence-corrected chi connectivity index (χ0v) is 17.3. The van der Waals surface area contributed by atoms with Crippen molar-refractivity contribution in [2.75, 3.05) is 33.3 Å². The predicted octanol–water partition coefficient (Wildman–Crippen LogP) is 4.11. The van der Waals surface area contributed by atoms with Crippen LogP contribution in [0.5, 0.6) is 5.75 Å². The summed E-state index contributed by atoms with van der Waals surface area (Å²) in [6.07, 6.45) is 1.12. The minimum Gasteiger partial charge on any atom is -0.497 e. The average Bonchev–Trinajstić information content (AvgIpc) is 3.10. The van der Waals surface area contributed by atoms with Gasteiger partial charge in [-0.1, -0.05) is 23.7 Å². The van der Waals surface area contributed by atoms with Crippen LogP contribution >= 0.6 is 11.6 Å². The molecule has 29 heavy (non-hydrogen) atoms. The Kier molecular flexibility index (Phi) is 6.44. The molecule has 2 heterocycles. The summed E-state index contributed by atoms with van der Waals surface area (Å²) in [5, 5.41) is 9.22. The van der Waals surface area contributed by atoms with E-state index in [1.807, 2.05) is 36.4 Å². The Morgan fingerprint density at radius 1 is 0.897 bits per heavy atom. The maximum atomic E-state index is 5.99. The minimum absolute atomic E-state index is 0.543. The lowest BCUT2D eigenvalue weighted by Crippen LogP contribution is -2.30. The third-order valence-electron chi connectivity index (χ3n) is 5.16. The minimum atomic E-state index is 0.543. The molecule has 1 aliphatic heterocycles. The molecule has 0 spiro atoms. The van der Waals surface area contributed by atoms with Gasteiger partial charge in [-0.2, -0.15) is 0 Å². The van der Waals surface area contributed by atoms with Crippen LogP contribution in [0.15, 0.2) is 52.9 Å². The van der Waals surface area contributed by atoms with Crippen LogP contribution in [-0.4, -0.2) is 53.3 Å². The highest BCUT2D eigenvalue weighted by Gasteiger charge is 2.18. The van der Waals surface area contributed by atoms with Gasteiger partial charge in [0.1, 0.15) is 5.75 Å². The number of hydrogen-bond donors (Lipinski definition) is 0. The molecule has 152 valence electrons. The van der Waals surface area contributed by atoms with Crippen molar-refractivity contribution in [1.29, 1.82) is 0 Å². The molecule has 1 aliphatic rings. The average molecular weight is 413 g/mol. The Hall–Kier alpha value is -2.41. The van der Waals surface area contributed by atoms with E-state index in [1.165, 1.54) is 5.56 Å². The topological polar surface area (TPSA) is 54.6 Å². The monoisotopic (exact) mass is 412 g/mol. The summed E-state index contributed by atoms with van der Waals surface area (Å²) in [6.45, 7) is 5.73. The molecule has 2 aromatic carbocycles. The number of hydrogen-bond acceptors (Lipinski definition) is 6. The first-order chi connectivity index (χ1) is 14.2. The van der Waals surface area contributed by atoms with Gasteiger partial charge in [-0.15, -0.1) is 10.2 Å². The molecule has 4 rings (SSSR count). The van der Waals surface area contributed by atoms with E-state index in [4.69, 9.17) is 20.8 Å². The molecular weight excluding hydrogens is 388 g/mol. The molecular formula is C22H25ClN4O2.